The zero-order valence-electron chi connectivity index (χ0n) is 13.0. The van der Waals surface area contributed by atoms with E-state index < -0.39 is 0 Å². The van der Waals surface area contributed by atoms with Crippen LogP contribution in [0.4, 0.5) is 10.8 Å². The molecule has 124 valence electrons. The summed E-state index contributed by atoms with van der Waals surface area (Å²) in [5.74, 6) is 0.112. The number of Topliss-reactive ketones (excluding diaryl/α,β-unsaturated/α-hetero) is 1. The van der Waals surface area contributed by atoms with E-state index in [4.69, 9.17) is 0 Å². The molecule has 1 saturated carbocycles. The van der Waals surface area contributed by atoms with E-state index in [2.05, 4.69) is 20.8 Å². The highest BCUT2D eigenvalue weighted by Crippen LogP contribution is 2.34. The highest BCUT2D eigenvalue weighted by molar-refractivity contribution is 8.01. The zero-order valence-corrected chi connectivity index (χ0v) is 14.7. The number of hydrogen-bond acceptors (Lipinski definition) is 7. The maximum Gasteiger partial charge on any atom is 0.231 e. The number of benzene rings is 1. The Labute approximate surface area is 147 Å². The van der Waals surface area contributed by atoms with Crippen molar-refractivity contribution < 1.29 is 9.59 Å². The Kier molecular flexibility index (Phi) is 4.01. The second-order valence-corrected chi connectivity index (χ2v) is 8.22. The molecule has 1 aliphatic carbocycles. The molecule has 8 heteroatoms. The Bertz CT molecular complexity index is 816. The minimum atomic E-state index is -0.209. The first-order valence-corrected chi connectivity index (χ1v) is 9.61. The van der Waals surface area contributed by atoms with Gasteiger partial charge in [-0.05, 0) is 43.5 Å². The predicted molar refractivity (Wildman–Crippen MR) is 95.1 cm³/mol. The van der Waals surface area contributed by atoms with Gasteiger partial charge in [0.2, 0.25) is 11.0 Å². The van der Waals surface area contributed by atoms with Crippen molar-refractivity contribution in [2.45, 2.75) is 36.1 Å². The van der Waals surface area contributed by atoms with Crippen LogP contribution in [-0.2, 0) is 4.79 Å². The molecule has 0 radical (unpaired) electrons. The normalized spacial score (nSPS) is 19.0. The van der Waals surface area contributed by atoms with E-state index >= 15 is 0 Å². The van der Waals surface area contributed by atoms with E-state index in [1.54, 1.807) is 12.1 Å². The number of aromatic nitrogens is 2. The molecule has 6 nitrogen and oxygen atoms in total. The molecule has 1 aromatic carbocycles. The van der Waals surface area contributed by atoms with Gasteiger partial charge in [-0.15, -0.1) is 10.2 Å². The van der Waals surface area contributed by atoms with Crippen LogP contribution in [0.5, 0.6) is 0 Å². The number of nitrogens with one attached hydrogen (secondary N) is 2. The first-order valence-electron chi connectivity index (χ1n) is 7.81. The van der Waals surface area contributed by atoms with Gasteiger partial charge in [0.1, 0.15) is 0 Å². The molecule has 1 aromatic heterocycles. The molecule has 2 aliphatic rings. The lowest BCUT2D eigenvalue weighted by atomic mass is 9.99. The van der Waals surface area contributed by atoms with Crippen molar-refractivity contribution >= 4 is 45.6 Å². The van der Waals surface area contributed by atoms with E-state index in [0.29, 0.717) is 17.4 Å². The molecule has 1 atom stereocenters. The molecule has 24 heavy (non-hydrogen) atoms. The first-order chi connectivity index (χ1) is 11.6. The summed E-state index contributed by atoms with van der Waals surface area (Å²) >= 11 is 2.88. The van der Waals surface area contributed by atoms with Crippen LogP contribution in [0.1, 0.15) is 41.6 Å². The van der Waals surface area contributed by atoms with E-state index in [9.17, 15) is 9.59 Å². The van der Waals surface area contributed by atoms with Gasteiger partial charge in [-0.1, -0.05) is 23.1 Å². The molecule has 2 aromatic rings. The smallest absolute Gasteiger partial charge is 0.231 e. The third kappa shape index (κ3) is 3.16. The van der Waals surface area contributed by atoms with Crippen molar-refractivity contribution in [3.05, 3.63) is 29.3 Å². The molecule has 2 N–H and O–H groups in total. The molecule has 1 amide bonds. The lowest BCUT2D eigenvalue weighted by molar-refractivity contribution is -0.116. The van der Waals surface area contributed by atoms with E-state index in [-0.39, 0.29) is 17.6 Å². The molecular formula is C16H16N4O2S2. The van der Waals surface area contributed by atoms with Crippen LogP contribution >= 0.6 is 23.1 Å². The Hall–Kier alpha value is -1.93. The van der Waals surface area contributed by atoms with Crippen LogP contribution in [0, 0.1) is 0 Å². The molecule has 2 heterocycles. The fourth-order valence-corrected chi connectivity index (χ4v) is 4.25. The molecule has 1 aliphatic heterocycles. The Morgan fingerprint density at radius 1 is 1.42 bits per heavy atom. The van der Waals surface area contributed by atoms with Crippen LogP contribution in [0.25, 0.3) is 0 Å². The fourth-order valence-electron chi connectivity index (χ4n) is 2.53. The van der Waals surface area contributed by atoms with Gasteiger partial charge < -0.3 is 10.6 Å². The van der Waals surface area contributed by atoms with Crippen LogP contribution < -0.4 is 10.6 Å². The van der Waals surface area contributed by atoms with E-state index in [0.717, 1.165) is 20.7 Å². The molecule has 0 saturated heterocycles. The Balaban J connectivity index is 1.39. The van der Waals surface area contributed by atoms with Crippen LogP contribution in [0.15, 0.2) is 22.5 Å². The maximum absolute atomic E-state index is 12.4. The van der Waals surface area contributed by atoms with Crippen molar-refractivity contribution in [1.29, 1.82) is 0 Å². The van der Waals surface area contributed by atoms with Crippen LogP contribution in [-0.4, -0.2) is 33.7 Å². The van der Waals surface area contributed by atoms with Gasteiger partial charge >= 0.3 is 0 Å². The third-order valence-corrected chi connectivity index (χ3v) is 6.12. The summed E-state index contributed by atoms with van der Waals surface area (Å²) in [6, 6.07) is 5.93. The second-order valence-electron chi connectivity index (χ2n) is 6.02. The number of nitrogens with zero attached hydrogens (tertiary/aromatic N) is 2. The van der Waals surface area contributed by atoms with E-state index in [1.165, 1.54) is 35.9 Å². The molecule has 4 rings (SSSR count). The number of carbonyl (C=O) groups excluding carboxylic acids is 2. The number of anilines is 2. The minimum absolute atomic E-state index is 0.0199. The minimum Gasteiger partial charge on any atom is -0.357 e. The average Bonchev–Trinajstić information content (AvgIpc) is 3.20. The van der Waals surface area contributed by atoms with Crippen LogP contribution in [0.3, 0.4) is 0 Å². The molecule has 1 fully saturated rings. The van der Waals surface area contributed by atoms with Gasteiger partial charge in [0.25, 0.3) is 0 Å². The van der Waals surface area contributed by atoms with Gasteiger partial charge in [0, 0.05) is 17.3 Å². The number of rotatable bonds is 6. The lowest BCUT2D eigenvalue weighted by Crippen LogP contribution is -2.08. The molecule has 0 unspecified atom stereocenters. The Morgan fingerprint density at radius 2 is 2.25 bits per heavy atom. The van der Waals surface area contributed by atoms with Gasteiger partial charge in [-0.25, -0.2) is 0 Å². The van der Waals surface area contributed by atoms with E-state index in [1.807, 2.05) is 13.0 Å². The zero-order chi connectivity index (χ0) is 16.7. The van der Waals surface area contributed by atoms with Crippen molar-refractivity contribution in [3.8, 4) is 0 Å². The van der Waals surface area contributed by atoms with Crippen molar-refractivity contribution in [2.75, 3.05) is 16.4 Å². The standard InChI is InChI=1S/C16H16N4O2S2/c1-8-11-6-9(2-5-12(11)18-14(8)22)13(21)7-23-16-20-19-15(24-16)17-10-3-4-10/h2,5-6,8,10H,3-4,7H2,1H3,(H,17,19)(H,18,22)/t8-/m1/s1. The van der Waals surface area contributed by atoms with Gasteiger partial charge in [0.05, 0.1) is 11.7 Å². The van der Waals surface area contributed by atoms with Gasteiger partial charge in [-0.3, -0.25) is 9.59 Å². The maximum atomic E-state index is 12.4. The Morgan fingerprint density at radius 3 is 3.04 bits per heavy atom. The number of carbonyl (C=O) groups is 2. The molecular weight excluding hydrogens is 344 g/mol. The van der Waals surface area contributed by atoms with Crippen LogP contribution in [0.2, 0.25) is 0 Å². The van der Waals surface area contributed by atoms with Gasteiger partial charge in [0.15, 0.2) is 10.1 Å². The summed E-state index contributed by atoms with van der Waals surface area (Å²) < 4.78 is 0.790. The summed E-state index contributed by atoms with van der Waals surface area (Å²) in [5, 5.41) is 15.1. The third-order valence-electron chi connectivity index (χ3n) is 4.13. The largest absolute Gasteiger partial charge is 0.357 e. The topological polar surface area (TPSA) is 84.0 Å². The number of hydrogen-bond donors (Lipinski definition) is 2. The number of amides is 1. The van der Waals surface area contributed by atoms with Gasteiger partial charge in [-0.2, -0.15) is 0 Å². The number of thioether (sulfide) groups is 1. The van der Waals surface area contributed by atoms with Crippen molar-refractivity contribution in [1.82, 2.24) is 10.2 Å². The van der Waals surface area contributed by atoms with Crippen molar-refractivity contribution in [2.24, 2.45) is 0 Å². The summed E-state index contributed by atoms with van der Waals surface area (Å²) in [6.45, 7) is 1.85. The van der Waals surface area contributed by atoms with Crippen molar-refractivity contribution in [3.63, 3.8) is 0 Å². The summed E-state index contributed by atoms with van der Waals surface area (Å²) in [7, 11) is 0. The summed E-state index contributed by atoms with van der Waals surface area (Å²) in [6.07, 6.45) is 2.38. The number of fused-ring (bicyclic) bond motifs is 1. The quantitative estimate of drug-likeness (QED) is 0.608. The lowest BCUT2D eigenvalue weighted by Gasteiger charge is -2.04. The molecule has 0 spiro atoms. The fraction of sp³-hybridized carbons (Fsp3) is 0.375. The highest BCUT2D eigenvalue weighted by Gasteiger charge is 2.27. The second kappa shape index (κ2) is 6.18. The highest BCUT2D eigenvalue weighted by atomic mass is 32.2. The monoisotopic (exact) mass is 360 g/mol. The predicted octanol–water partition coefficient (Wildman–Crippen LogP) is 3.14. The molecule has 0 bridgehead atoms. The summed E-state index contributed by atoms with van der Waals surface area (Å²) in [5.41, 5.74) is 2.32. The first kappa shape index (κ1) is 15.6. The SMILES string of the molecule is C[C@H]1C(=O)Nc2ccc(C(=O)CSc3nnc(NC4CC4)s3)cc21. The summed E-state index contributed by atoms with van der Waals surface area (Å²) in [4.78, 5) is 24.1. The average molecular weight is 360 g/mol. The number of ketones is 1.